The zero-order valence-electron chi connectivity index (χ0n) is 18.0. The molecule has 2 fully saturated rings. The lowest BCUT2D eigenvalue weighted by molar-refractivity contribution is 0.157. The number of nitrogens with zero attached hydrogens (tertiary/aromatic N) is 3. The molecule has 0 bridgehead atoms. The Morgan fingerprint density at radius 3 is 2.75 bits per heavy atom. The van der Waals surface area contributed by atoms with Crippen LogP contribution in [0.2, 0.25) is 0 Å². The van der Waals surface area contributed by atoms with Crippen LogP contribution in [0.4, 0.5) is 0 Å². The molecule has 0 aliphatic carbocycles. The molecular formula is C23H38N4O. The van der Waals surface area contributed by atoms with Crippen molar-refractivity contribution in [3.8, 4) is 0 Å². The first kappa shape index (κ1) is 21.1. The number of rotatable bonds is 7. The first-order valence-electron chi connectivity index (χ1n) is 11.0. The second-order valence-electron chi connectivity index (χ2n) is 8.48. The summed E-state index contributed by atoms with van der Waals surface area (Å²) in [5.74, 6) is 2.47. The molecule has 0 amide bonds. The highest BCUT2D eigenvalue weighted by Gasteiger charge is 2.24. The summed E-state index contributed by atoms with van der Waals surface area (Å²) in [6.07, 6.45) is 3.88. The lowest BCUT2D eigenvalue weighted by atomic mass is 9.99. The van der Waals surface area contributed by atoms with E-state index in [2.05, 4.69) is 53.2 Å². The highest BCUT2D eigenvalue weighted by atomic mass is 16.5. The summed E-state index contributed by atoms with van der Waals surface area (Å²) in [4.78, 5) is 10.0. The summed E-state index contributed by atoms with van der Waals surface area (Å²) >= 11 is 0. The van der Waals surface area contributed by atoms with E-state index < -0.39 is 0 Å². The van der Waals surface area contributed by atoms with Gasteiger partial charge < -0.3 is 15.0 Å². The SMILES string of the molecule is CCNC(=NCc1ccccc1CN1CCCC(C)C1)N1CCC(COC)C1. The minimum Gasteiger partial charge on any atom is -0.384 e. The van der Waals surface area contributed by atoms with Crippen molar-refractivity contribution in [2.75, 3.05) is 46.4 Å². The van der Waals surface area contributed by atoms with Crippen LogP contribution in [0.1, 0.15) is 44.2 Å². The molecule has 1 N–H and O–H groups in total. The number of benzene rings is 1. The summed E-state index contributed by atoms with van der Waals surface area (Å²) in [6.45, 7) is 12.6. The molecular weight excluding hydrogens is 348 g/mol. The van der Waals surface area contributed by atoms with Gasteiger partial charge in [0.2, 0.25) is 0 Å². The number of guanidine groups is 1. The average molecular weight is 387 g/mol. The van der Waals surface area contributed by atoms with Gasteiger partial charge in [-0.05, 0) is 49.8 Å². The van der Waals surface area contributed by atoms with Gasteiger partial charge in [-0.2, -0.15) is 0 Å². The number of hydrogen-bond acceptors (Lipinski definition) is 3. The Morgan fingerprint density at radius 2 is 2.00 bits per heavy atom. The molecule has 0 saturated carbocycles. The van der Waals surface area contributed by atoms with Crippen LogP contribution in [0.25, 0.3) is 0 Å². The number of nitrogens with one attached hydrogen (secondary N) is 1. The van der Waals surface area contributed by atoms with Crippen LogP contribution in [0, 0.1) is 11.8 Å². The summed E-state index contributed by atoms with van der Waals surface area (Å²) < 4.78 is 5.35. The fourth-order valence-electron chi connectivity index (χ4n) is 4.52. The summed E-state index contributed by atoms with van der Waals surface area (Å²) in [5, 5.41) is 3.49. The Labute approximate surface area is 171 Å². The molecule has 2 unspecified atom stereocenters. The molecule has 1 aromatic rings. The van der Waals surface area contributed by atoms with Gasteiger partial charge in [0.25, 0.3) is 0 Å². The first-order chi connectivity index (χ1) is 13.7. The number of ether oxygens (including phenoxy) is 1. The minimum atomic E-state index is 0.613. The zero-order chi connectivity index (χ0) is 19.8. The minimum absolute atomic E-state index is 0.613. The summed E-state index contributed by atoms with van der Waals surface area (Å²) in [5.41, 5.74) is 2.78. The van der Waals surface area contributed by atoms with Gasteiger partial charge in [-0.25, -0.2) is 4.99 Å². The summed E-state index contributed by atoms with van der Waals surface area (Å²) in [7, 11) is 1.79. The van der Waals surface area contributed by atoms with Crippen molar-refractivity contribution in [1.29, 1.82) is 0 Å². The van der Waals surface area contributed by atoms with Gasteiger partial charge in [0.05, 0.1) is 13.2 Å². The lowest BCUT2D eigenvalue weighted by Gasteiger charge is -2.31. The smallest absolute Gasteiger partial charge is 0.194 e. The number of likely N-dealkylation sites (tertiary alicyclic amines) is 2. The quantitative estimate of drug-likeness (QED) is 0.576. The van der Waals surface area contributed by atoms with Crippen LogP contribution in [0.15, 0.2) is 29.3 Å². The van der Waals surface area contributed by atoms with Gasteiger partial charge in [-0.1, -0.05) is 31.2 Å². The molecule has 5 nitrogen and oxygen atoms in total. The number of hydrogen-bond donors (Lipinski definition) is 1. The van der Waals surface area contributed by atoms with Crippen LogP contribution >= 0.6 is 0 Å². The van der Waals surface area contributed by atoms with E-state index in [1.165, 1.54) is 43.5 Å². The van der Waals surface area contributed by atoms with Gasteiger partial charge >= 0.3 is 0 Å². The topological polar surface area (TPSA) is 40.1 Å². The van der Waals surface area contributed by atoms with Crippen LogP contribution in [0.5, 0.6) is 0 Å². The Hall–Kier alpha value is -1.59. The van der Waals surface area contributed by atoms with Crippen LogP contribution < -0.4 is 5.32 Å². The van der Waals surface area contributed by atoms with Crippen molar-refractivity contribution in [3.63, 3.8) is 0 Å². The number of aliphatic imine (C=N–C) groups is 1. The Morgan fingerprint density at radius 1 is 1.18 bits per heavy atom. The van der Waals surface area contributed by atoms with Crippen molar-refractivity contribution in [3.05, 3.63) is 35.4 Å². The second kappa shape index (κ2) is 10.8. The molecule has 2 saturated heterocycles. The van der Waals surface area contributed by atoms with E-state index in [0.29, 0.717) is 5.92 Å². The third-order valence-electron chi connectivity index (χ3n) is 5.98. The number of piperidine rings is 1. The van der Waals surface area contributed by atoms with E-state index in [1.54, 1.807) is 7.11 Å². The van der Waals surface area contributed by atoms with Gasteiger partial charge in [0, 0.05) is 45.8 Å². The van der Waals surface area contributed by atoms with E-state index in [1.807, 2.05) is 0 Å². The third kappa shape index (κ3) is 5.95. The monoisotopic (exact) mass is 386 g/mol. The molecule has 0 spiro atoms. The maximum Gasteiger partial charge on any atom is 0.194 e. The molecule has 2 atom stereocenters. The normalized spacial score (nSPS) is 24.0. The van der Waals surface area contributed by atoms with E-state index >= 15 is 0 Å². The number of methoxy groups -OCH3 is 1. The molecule has 0 aromatic heterocycles. The van der Waals surface area contributed by atoms with Crippen LogP contribution in [0.3, 0.4) is 0 Å². The van der Waals surface area contributed by atoms with E-state index in [9.17, 15) is 0 Å². The molecule has 28 heavy (non-hydrogen) atoms. The standard InChI is InChI=1S/C23H38N4O/c1-4-24-23(27-13-11-20(16-27)18-28-3)25-14-21-9-5-6-10-22(21)17-26-12-7-8-19(2)15-26/h5-6,9-10,19-20H,4,7-8,11-18H2,1-3H3,(H,24,25). The van der Waals surface area contributed by atoms with E-state index in [0.717, 1.165) is 51.2 Å². The third-order valence-corrected chi connectivity index (χ3v) is 5.98. The van der Waals surface area contributed by atoms with Crippen molar-refractivity contribution < 1.29 is 4.74 Å². The highest BCUT2D eigenvalue weighted by molar-refractivity contribution is 5.80. The maximum atomic E-state index is 5.35. The van der Waals surface area contributed by atoms with Crippen molar-refractivity contribution >= 4 is 5.96 Å². The predicted octanol–water partition coefficient (Wildman–Crippen LogP) is 3.35. The molecule has 1 aromatic carbocycles. The molecule has 156 valence electrons. The summed E-state index contributed by atoms with van der Waals surface area (Å²) in [6, 6.07) is 8.83. The Balaban J connectivity index is 1.65. The average Bonchev–Trinajstić information content (AvgIpc) is 3.15. The predicted molar refractivity (Wildman–Crippen MR) is 116 cm³/mol. The van der Waals surface area contributed by atoms with Gasteiger partial charge in [0.1, 0.15) is 0 Å². The van der Waals surface area contributed by atoms with Crippen LogP contribution in [-0.2, 0) is 17.8 Å². The van der Waals surface area contributed by atoms with Gasteiger partial charge in [-0.3, -0.25) is 4.90 Å². The van der Waals surface area contributed by atoms with Gasteiger partial charge in [-0.15, -0.1) is 0 Å². The lowest BCUT2D eigenvalue weighted by Crippen LogP contribution is -2.40. The molecule has 0 radical (unpaired) electrons. The van der Waals surface area contributed by atoms with Crippen molar-refractivity contribution in [2.45, 2.75) is 46.2 Å². The van der Waals surface area contributed by atoms with Gasteiger partial charge in [0.15, 0.2) is 5.96 Å². The van der Waals surface area contributed by atoms with E-state index in [4.69, 9.17) is 9.73 Å². The largest absolute Gasteiger partial charge is 0.384 e. The molecule has 2 heterocycles. The zero-order valence-corrected chi connectivity index (χ0v) is 18.0. The Bertz CT molecular complexity index is 633. The second-order valence-corrected chi connectivity index (χ2v) is 8.48. The van der Waals surface area contributed by atoms with Crippen molar-refractivity contribution in [2.24, 2.45) is 16.8 Å². The molecule has 2 aliphatic heterocycles. The maximum absolute atomic E-state index is 5.35. The fourth-order valence-corrected chi connectivity index (χ4v) is 4.52. The fraction of sp³-hybridized carbons (Fsp3) is 0.696. The Kier molecular flexibility index (Phi) is 8.16. The van der Waals surface area contributed by atoms with Crippen molar-refractivity contribution in [1.82, 2.24) is 15.1 Å². The highest BCUT2D eigenvalue weighted by Crippen LogP contribution is 2.21. The first-order valence-corrected chi connectivity index (χ1v) is 11.0. The molecule has 2 aliphatic rings. The molecule has 3 rings (SSSR count). The van der Waals surface area contributed by atoms with E-state index in [-0.39, 0.29) is 0 Å². The molecule has 5 heteroatoms. The van der Waals surface area contributed by atoms with Crippen LogP contribution in [-0.4, -0.2) is 62.2 Å².